The van der Waals surface area contributed by atoms with E-state index < -0.39 is 23.4 Å². The third-order valence-electron chi connectivity index (χ3n) is 0.495. The van der Waals surface area contributed by atoms with Crippen molar-refractivity contribution in [2.75, 3.05) is 0 Å². The zero-order chi connectivity index (χ0) is 7.44. The monoisotopic (exact) mass is 154 g/mol. The van der Waals surface area contributed by atoms with Crippen LogP contribution in [0.15, 0.2) is 0 Å². The SMILES string of the molecule is CC(O)C(=O)OS(=O)O. The van der Waals surface area contributed by atoms with Gasteiger partial charge in [-0.3, -0.25) is 4.55 Å². The van der Waals surface area contributed by atoms with E-state index in [0.717, 1.165) is 6.92 Å². The number of hydrogen-bond donors (Lipinski definition) is 2. The molecule has 0 aliphatic rings. The van der Waals surface area contributed by atoms with Crippen molar-refractivity contribution < 1.29 is 22.8 Å². The summed E-state index contributed by atoms with van der Waals surface area (Å²) < 4.78 is 21.2. The quantitative estimate of drug-likeness (QED) is 0.501. The molecule has 0 aromatic heterocycles. The Balaban J connectivity index is 3.64. The van der Waals surface area contributed by atoms with Crippen LogP contribution in [-0.2, 0) is 20.3 Å². The molecule has 5 nitrogen and oxygen atoms in total. The van der Waals surface area contributed by atoms with Crippen molar-refractivity contribution in [3.63, 3.8) is 0 Å². The average molecular weight is 154 g/mol. The molecule has 54 valence electrons. The Bertz CT molecular complexity index is 130. The predicted octanol–water partition coefficient (Wildman–Crippen LogP) is -0.953. The molecule has 0 aromatic rings. The van der Waals surface area contributed by atoms with Crippen molar-refractivity contribution in [1.82, 2.24) is 0 Å². The second kappa shape index (κ2) is 3.54. The number of carbonyl (C=O) groups excluding carboxylic acids is 1. The van der Waals surface area contributed by atoms with Gasteiger partial charge in [0.15, 0.2) is 0 Å². The lowest BCUT2D eigenvalue weighted by Gasteiger charge is -1.98. The van der Waals surface area contributed by atoms with Gasteiger partial charge in [0.05, 0.1) is 0 Å². The van der Waals surface area contributed by atoms with Crippen LogP contribution in [0.25, 0.3) is 0 Å². The highest BCUT2D eigenvalue weighted by Crippen LogP contribution is 1.87. The third-order valence-corrected chi connectivity index (χ3v) is 0.801. The molecule has 0 bridgehead atoms. The summed E-state index contributed by atoms with van der Waals surface area (Å²) in [5.41, 5.74) is 0. The first kappa shape index (κ1) is 8.54. The van der Waals surface area contributed by atoms with Crippen molar-refractivity contribution >= 4 is 17.3 Å². The topological polar surface area (TPSA) is 83.8 Å². The van der Waals surface area contributed by atoms with Crippen LogP contribution in [-0.4, -0.2) is 25.9 Å². The van der Waals surface area contributed by atoms with Crippen molar-refractivity contribution in [1.29, 1.82) is 0 Å². The van der Waals surface area contributed by atoms with E-state index in [4.69, 9.17) is 9.66 Å². The molecule has 2 N–H and O–H groups in total. The van der Waals surface area contributed by atoms with E-state index in [1.807, 2.05) is 0 Å². The van der Waals surface area contributed by atoms with E-state index in [2.05, 4.69) is 4.18 Å². The van der Waals surface area contributed by atoms with Gasteiger partial charge in [0, 0.05) is 0 Å². The molecule has 6 heteroatoms. The Morgan fingerprint density at radius 2 is 2.22 bits per heavy atom. The standard InChI is InChI=1S/C3H6O5S/c1-2(4)3(5)8-9(6)7/h2,4H,1H3,(H,6,7). The van der Waals surface area contributed by atoms with E-state index >= 15 is 0 Å². The molecule has 0 aromatic carbocycles. The summed E-state index contributed by atoms with van der Waals surface area (Å²) in [4.78, 5) is 10.1. The molecule has 2 unspecified atom stereocenters. The van der Waals surface area contributed by atoms with Gasteiger partial charge in [-0.05, 0) is 6.92 Å². The number of aliphatic hydroxyl groups excluding tert-OH is 1. The van der Waals surface area contributed by atoms with Crippen LogP contribution in [0, 0.1) is 0 Å². The van der Waals surface area contributed by atoms with Crippen LogP contribution in [0.2, 0.25) is 0 Å². The van der Waals surface area contributed by atoms with Crippen molar-refractivity contribution in [2.45, 2.75) is 13.0 Å². The highest BCUT2D eigenvalue weighted by atomic mass is 32.2. The smallest absolute Gasteiger partial charge is 0.360 e. The first-order valence-electron chi connectivity index (χ1n) is 2.05. The summed E-state index contributed by atoms with van der Waals surface area (Å²) in [6.45, 7) is 1.13. The summed E-state index contributed by atoms with van der Waals surface area (Å²) in [7, 11) is 0. The first-order valence-corrected chi connectivity index (χ1v) is 3.08. The van der Waals surface area contributed by atoms with Gasteiger partial charge < -0.3 is 9.29 Å². The molecule has 0 aliphatic heterocycles. The van der Waals surface area contributed by atoms with Crippen LogP contribution >= 0.6 is 0 Å². The van der Waals surface area contributed by atoms with Crippen LogP contribution < -0.4 is 0 Å². The molecule has 0 spiro atoms. The molecule has 0 aliphatic carbocycles. The Morgan fingerprint density at radius 1 is 1.78 bits per heavy atom. The lowest BCUT2D eigenvalue weighted by atomic mass is 10.4. The van der Waals surface area contributed by atoms with Gasteiger partial charge >= 0.3 is 17.3 Å². The highest BCUT2D eigenvalue weighted by Gasteiger charge is 2.12. The lowest BCUT2D eigenvalue weighted by Crippen LogP contribution is -2.19. The van der Waals surface area contributed by atoms with E-state index in [1.54, 1.807) is 0 Å². The van der Waals surface area contributed by atoms with Gasteiger partial charge in [-0.1, -0.05) is 0 Å². The van der Waals surface area contributed by atoms with Gasteiger partial charge in [-0.15, -0.1) is 0 Å². The summed E-state index contributed by atoms with van der Waals surface area (Å²) in [5.74, 6) is -1.11. The normalized spacial score (nSPS) is 16.3. The fourth-order valence-corrected chi connectivity index (χ4v) is 0.420. The molecule has 0 heterocycles. The summed E-state index contributed by atoms with van der Waals surface area (Å²) >= 11 is -2.63. The Kier molecular flexibility index (Phi) is 3.36. The maximum absolute atomic E-state index is 10.1. The molecule has 2 atom stereocenters. The van der Waals surface area contributed by atoms with Crippen molar-refractivity contribution in [3.8, 4) is 0 Å². The van der Waals surface area contributed by atoms with Crippen LogP contribution in [0.5, 0.6) is 0 Å². The maximum atomic E-state index is 10.1. The predicted molar refractivity (Wildman–Crippen MR) is 28.5 cm³/mol. The van der Waals surface area contributed by atoms with Crippen LogP contribution in [0.3, 0.4) is 0 Å². The molecule has 0 amide bonds. The number of hydrogen-bond acceptors (Lipinski definition) is 4. The molecule has 0 radical (unpaired) electrons. The average Bonchev–Trinajstić information content (AvgIpc) is 1.63. The van der Waals surface area contributed by atoms with Gasteiger partial charge in [0.25, 0.3) is 0 Å². The number of carbonyl (C=O) groups is 1. The number of aliphatic hydroxyl groups is 1. The van der Waals surface area contributed by atoms with Gasteiger partial charge in [-0.25, -0.2) is 4.79 Å². The second-order valence-electron chi connectivity index (χ2n) is 1.30. The van der Waals surface area contributed by atoms with Gasteiger partial charge in [0.2, 0.25) is 0 Å². The Labute approximate surface area is 54.1 Å². The molecule has 0 saturated carbocycles. The van der Waals surface area contributed by atoms with E-state index in [0.29, 0.717) is 0 Å². The molecule has 0 rings (SSSR count). The minimum atomic E-state index is -2.63. The summed E-state index contributed by atoms with van der Waals surface area (Å²) in [5, 5.41) is 8.35. The van der Waals surface area contributed by atoms with Crippen molar-refractivity contribution in [2.24, 2.45) is 0 Å². The third kappa shape index (κ3) is 4.07. The van der Waals surface area contributed by atoms with Crippen LogP contribution in [0.1, 0.15) is 6.92 Å². The largest absolute Gasteiger partial charge is 0.382 e. The molecular weight excluding hydrogens is 148 g/mol. The van der Waals surface area contributed by atoms with Crippen molar-refractivity contribution in [3.05, 3.63) is 0 Å². The highest BCUT2D eigenvalue weighted by molar-refractivity contribution is 7.74. The molecular formula is C3H6O5S. The zero-order valence-electron chi connectivity index (χ0n) is 4.60. The van der Waals surface area contributed by atoms with Crippen LogP contribution in [0.4, 0.5) is 0 Å². The minimum Gasteiger partial charge on any atom is -0.382 e. The lowest BCUT2D eigenvalue weighted by molar-refractivity contribution is -0.142. The maximum Gasteiger partial charge on any atom is 0.360 e. The first-order chi connectivity index (χ1) is 4.04. The zero-order valence-corrected chi connectivity index (χ0v) is 5.42. The van der Waals surface area contributed by atoms with Gasteiger partial charge in [-0.2, -0.15) is 4.21 Å². The summed E-state index contributed by atoms with van der Waals surface area (Å²) in [6, 6.07) is 0. The fraction of sp³-hybridized carbons (Fsp3) is 0.667. The minimum absolute atomic E-state index is 1.11. The van der Waals surface area contributed by atoms with E-state index in [-0.39, 0.29) is 0 Å². The van der Waals surface area contributed by atoms with Gasteiger partial charge in [0.1, 0.15) is 6.10 Å². The Hall–Kier alpha value is -0.460. The van der Waals surface area contributed by atoms with E-state index in [1.165, 1.54) is 0 Å². The van der Waals surface area contributed by atoms with E-state index in [9.17, 15) is 9.00 Å². The molecule has 0 saturated heterocycles. The second-order valence-corrected chi connectivity index (χ2v) is 1.90. The Morgan fingerprint density at radius 3 is 2.33 bits per heavy atom. The fourth-order valence-electron chi connectivity index (χ4n) is 0.140. The molecule has 9 heavy (non-hydrogen) atoms. The molecule has 0 fully saturated rings. The number of rotatable bonds is 2. The summed E-state index contributed by atoms with van der Waals surface area (Å²) in [6.07, 6.45) is -1.36.